The lowest BCUT2D eigenvalue weighted by Crippen LogP contribution is -2.60. The van der Waals surface area contributed by atoms with E-state index in [0.29, 0.717) is 0 Å². The molecule has 0 aliphatic rings. The van der Waals surface area contributed by atoms with Gasteiger partial charge in [-0.25, -0.2) is 8.78 Å². The summed E-state index contributed by atoms with van der Waals surface area (Å²) in [7, 11) is -7.22. The summed E-state index contributed by atoms with van der Waals surface area (Å²) in [5.41, 5.74) is 0. The van der Waals surface area contributed by atoms with E-state index in [1.807, 2.05) is 0 Å². The first-order valence-corrected chi connectivity index (χ1v) is 4.47. The number of halogens is 8. The Kier molecular flexibility index (Phi) is 3.53. The summed E-state index contributed by atoms with van der Waals surface area (Å²) in [4.78, 5) is 0. The van der Waals surface area contributed by atoms with Gasteiger partial charge in [0, 0.05) is 0 Å². The molecule has 0 aromatic carbocycles. The molecule has 1 radical (unpaired) electrons. The van der Waals surface area contributed by atoms with E-state index in [2.05, 4.69) is 0 Å². The topological polar surface area (TPSA) is 54.0 Å². The van der Waals surface area contributed by atoms with Gasteiger partial charge in [0.2, 0.25) is 0 Å². The number of rotatable bonds is 4. The Balaban J connectivity index is 5.72. The van der Waals surface area contributed by atoms with Gasteiger partial charge in [-0.05, 0) is 0 Å². The number of alkyl halides is 8. The maximum atomic E-state index is 12.2. The van der Waals surface area contributed by atoms with Crippen molar-refractivity contribution in [2.24, 2.45) is 0 Å². The van der Waals surface area contributed by atoms with E-state index in [0.717, 1.165) is 0 Å². The molecule has 0 rings (SSSR count). The van der Waals surface area contributed by atoms with Gasteiger partial charge in [-0.15, -0.1) is 0 Å². The first kappa shape index (κ1) is 15.3. The highest BCUT2D eigenvalue weighted by Crippen LogP contribution is 2.50. The smallest absolute Gasteiger partial charge is 0.203 e. The summed E-state index contributed by atoms with van der Waals surface area (Å²) in [6.07, 6.45) is -5.27. The Bertz CT molecular complexity index is 359. The lowest BCUT2D eigenvalue weighted by molar-refractivity contribution is -0.316. The highest BCUT2D eigenvalue weighted by molar-refractivity contribution is 7.86. The third kappa shape index (κ3) is 1.95. The molecule has 0 heterocycles. The summed E-state index contributed by atoms with van der Waals surface area (Å²) in [6, 6.07) is 0. The Labute approximate surface area is 82.8 Å². The fourth-order valence-corrected chi connectivity index (χ4v) is 0.938. The molecule has 0 spiro atoms. The summed E-state index contributed by atoms with van der Waals surface area (Å²) in [5.74, 6) is -13.7. The SMILES string of the molecule is [O]S(=O)(=O)C(F)(F)C(F)(F)C(F)(F)C(F)F. The molecule has 0 aliphatic carbocycles. The van der Waals surface area contributed by atoms with E-state index >= 15 is 0 Å². The molecule has 0 saturated heterocycles. The number of hydrogen-bond donors (Lipinski definition) is 0. The van der Waals surface area contributed by atoms with Crippen molar-refractivity contribution in [1.82, 2.24) is 0 Å². The third-order valence-electron chi connectivity index (χ3n) is 1.37. The summed E-state index contributed by atoms with van der Waals surface area (Å²) in [6.45, 7) is 0. The Morgan fingerprint density at radius 3 is 1.38 bits per heavy atom. The normalized spacial score (nSPS) is 15.6. The highest BCUT2D eigenvalue weighted by Gasteiger charge is 2.80. The Morgan fingerprint density at radius 1 is 0.875 bits per heavy atom. The molecule has 0 unspecified atom stereocenters. The van der Waals surface area contributed by atoms with Gasteiger partial charge in [0.25, 0.3) is 0 Å². The maximum absolute atomic E-state index is 12.2. The van der Waals surface area contributed by atoms with Gasteiger partial charge in [0.1, 0.15) is 0 Å². The van der Waals surface area contributed by atoms with Crippen LogP contribution in [0.25, 0.3) is 0 Å². The van der Waals surface area contributed by atoms with Crippen molar-refractivity contribution in [3.05, 3.63) is 0 Å². The van der Waals surface area contributed by atoms with Gasteiger partial charge in [-0.2, -0.15) is 34.8 Å². The minimum atomic E-state index is -7.22. The minimum absolute atomic E-state index is 5.27. The molecule has 0 aromatic heterocycles. The quantitative estimate of drug-likeness (QED) is 0.739. The summed E-state index contributed by atoms with van der Waals surface area (Å²) < 4.78 is 124. The van der Waals surface area contributed by atoms with E-state index in [4.69, 9.17) is 0 Å². The second-order valence-corrected chi connectivity index (χ2v) is 3.89. The van der Waals surface area contributed by atoms with Crippen LogP contribution in [0, 0.1) is 0 Å². The Hall–Kier alpha value is -0.650. The molecule has 16 heavy (non-hydrogen) atoms. The molecular weight excluding hydrogens is 280 g/mol. The van der Waals surface area contributed by atoms with Crippen LogP contribution in [0.3, 0.4) is 0 Å². The van der Waals surface area contributed by atoms with Crippen molar-refractivity contribution in [1.29, 1.82) is 0 Å². The largest absolute Gasteiger partial charge is 0.440 e. The lowest BCUT2D eigenvalue weighted by atomic mass is 10.2. The van der Waals surface area contributed by atoms with Crippen LogP contribution in [0.5, 0.6) is 0 Å². The van der Waals surface area contributed by atoms with Crippen LogP contribution in [0.4, 0.5) is 35.1 Å². The van der Waals surface area contributed by atoms with E-state index in [1.165, 1.54) is 0 Å². The Morgan fingerprint density at radius 2 is 1.19 bits per heavy atom. The van der Waals surface area contributed by atoms with Gasteiger partial charge < -0.3 is 0 Å². The fourth-order valence-electron chi connectivity index (χ4n) is 0.488. The van der Waals surface area contributed by atoms with Crippen molar-refractivity contribution in [2.75, 3.05) is 0 Å². The average Bonchev–Trinajstić information content (AvgIpc) is 2.00. The molecular formula is C4HF8O3S. The van der Waals surface area contributed by atoms with Gasteiger partial charge in [0.15, 0.2) is 0 Å². The predicted octanol–water partition coefficient (Wildman–Crippen LogP) is 1.88. The zero-order valence-corrected chi connectivity index (χ0v) is 7.55. The fraction of sp³-hybridized carbons (Fsp3) is 1.00. The molecule has 97 valence electrons. The van der Waals surface area contributed by atoms with E-state index < -0.39 is 33.6 Å². The monoisotopic (exact) mass is 281 g/mol. The molecule has 12 heteroatoms. The summed E-state index contributed by atoms with van der Waals surface area (Å²) >= 11 is 0. The summed E-state index contributed by atoms with van der Waals surface area (Å²) in [5, 5.41) is -6.85. The maximum Gasteiger partial charge on any atom is 0.440 e. The first-order chi connectivity index (χ1) is 6.69. The van der Waals surface area contributed by atoms with Crippen molar-refractivity contribution in [3.8, 4) is 0 Å². The van der Waals surface area contributed by atoms with Crippen molar-refractivity contribution >= 4 is 10.1 Å². The van der Waals surface area contributed by atoms with Crippen LogP contribution in [-0.4, -0.2) is 31.9 Å². The molecule has 0 bridgehead atoms. The molecule has 0 saturated carbocycles. The highest BCUT2D eigenvalue weighted by atomic mass is 32.2. The second kappa shape index (κ2) is 3.68. The van der Waals surface area contributed by atoms with Gasteiger partial charge >= 0.3 is 33.6 Å². The predicted molar refractivity (Wildman–Crippen MR) is 30.5 cm³/mol. The number of hydrogen-bond acceptors (Lipinski definition) is 2. The van der Waals surface area contributed by atoms with Crippen LogP contribution in [0.2, 0.25) is 0 Å². The molecule has 0 atom stereocenters. The van der Waals surface area contributed by atoms with Crippen molar-refractivity contribution in [2.45, 2.75) is 23.5 Å². The van der Waals surface area contributed by atoms with Crippen LogP contribution >= 0.6 is 0 Å². The molecule has 3 nitrogen and oxygen atoms in total. The molecule has 0 fully saturated rings. The standard InChI is InChI=1S/C4HF8O3S/c5-1(6)2(7,8)3(9,10)4(11,12)16(13,14)15/h1H. The van der Waals surface area contributed by atoms with E-state index in [9.17, 15) is 48.1 Å². The van der Waals surface area contributed by atoms with Crippen LogP contribution in [0.1, 0.15) is 0 Å². The van der Waals surface area contributed by atoms with Crippen molar-refractivity contribution < 1.29 is 48.1 Å². The van der Waals surface area contributed by atoms with E-state index in [1.54, 1.807) is 0 Å². The molecule has 0 amide bonds. The average molecular weight is 281 g/mol. The zero-order valence-electron chi connectivity index (χ0n) is 6.73. The van der Waals surface area contributed by atoms with Crippen LogP contribution < -0.4 is 0 Å². The zero-order chi connectivity index (χ0) is 13.6. The lowest BCUT2D eigenvalue weighted by Gasteiger charge is -2.29. The first-order valence-electron chi connectivity index (χ1n) is 3.06. The molecule has 0 aliphatic heterocycles. The second-order valence-electron chi connectivity index (χ2n) is 2.47. The van der Waals surface area contributed by atoms with Gasteiger partial charge in [-0.1, -0.05) is 4.55 Å². The molecule has 0 N–H and O–H groups in total. The van der Waals surface area contributed by atoms with Gasteiger partial charge in [-0.3, -0.25) is 0 Å². The van der Waals surface area contributed by atoms with Crippen molar-refractivity contribution in [3.63, 3.8) is 0 Å². The van der Waals surface area contributed by atoms with Crippen LogP contribution in [0.15, 0.2) is 0 Å². The van der Waals surface area contributed by atoms with E-state index in [-0.39, 0.29) is 0 Å². The van der Waals surface area contributed by atoms with Crippen LogP contribution in [-0.2, 0) is 14.7 Å². The van der Waals surface area contributed by atoms with Gasteiger partial charge in [0.05, 0.1) is 0 Å². The third-order valence-corrected chi connectivity index (χ3v) is 2.26. The molecule has 0 aromatic rings. The minimum Gasteiger partial charge on any atom is -0.203 e.